The minimum Gasteiger partial charge on any atom is -0.495 e. The molecule has 2 aliphatic rings. The second-order valence-corrected chi connectivity index (χ2v) is 8.11. The van der Waals surface area contributed by atoms with Gasteiger partial charge in [0.15, 0.2) is 5.11 Å². The zero-order chi connectivity index (χ0) is 20.8. The standard InChI is InChI=1S/C21H30N4O3S/c1-15-8-9-18(28-2)17(13-15)23-21(29)22-16-7-3-4-12-25(20(16)27)14-19(26)24-10-5-6-11-24/h8-9,13,16H,3-7,10-12,14H2,1-2H3,(H2,22,23,29)/t16-/m0/s1. The zero-order valence-electron chi connectivity index (χ0n) is 17.2. The summed E-state index contributed by atoms with van der Waals surface area (Å²) in [5.74, 6) is 0.668. The molecule has 29 heavy (non-hydrogen) atoms. The van der Waals surface area contributed by atoms with Crippen LogP contribution in [0.1, 0.15) is 37.7 Å². The Balaban J connectivity index is 1.61. The molecule has 0 aromatic heterocycles. The number of carbonyl (C=O) groups is 2. The number of hydrogen-bond donors (Lipinski definition) is 2. The average Bonchev–Trinajstić information content (AvgIpc) is 3.18. The maximum atomic E-state index is 13.0. The Labute approximate surface area is 177 Å². The second-order valence-electron chi connectivity index (χ2n) is 7.70. The van der Waals surface area contributed by atoms with Crippen molar-refractivity contribution < 1.29 is 14.3 Å². The van der Waals surface area contributed by atoms with E-state index in [-0.39, 0.29) is 18.4 Å². The molecule has 1 aromatic carbocycles. The van der Waals surface area contributed by atoms with E-state index in [1.54, 1.807) is 12.0 Å². The van der Waals surface area contributed by atoms with Gasteiger partial charge in [-0.2, -0.15) is 0 Å². The highest BCUT2D eigenvalue weighted by atomic mass is 32.1. The maximum absolute atomic E-state index is 13.0. The quantitative estimate of drug-likeness (QED) is 0.715. The number of methoxy groups -OCH3 is 1. The van der Waals surface area contributed by atoms with Gasteiger partial charge in [0.1, 0.15) is 11.8 Å². The fourth-order valence-corrected chi connectivity index (χ4v) is 4.11. The maximum Gasteiger partial charge on any atom is 0.245 e. The monoisotopic (exact) mass is 418 g/mol. The van der Waals surface area contributed by atoms with Crippen LogP contribution in [0.4, 0.5) is 5.69 Å². The highest BCUT2D eigenvalue weighted by Crippen LogP contribution is 2.25. The molecule has 8 heteroatoms. The molecule has 1 atom stereocenters. The zero-order valence-corrected chi connectivity index (χ0v) is 18.0. The Kier molecular flexibility index (Phi) is 7.30. The highest BCUT2D eigenvalue weighted by Gasteiger charge is 2.30. The number of aryl methyl sites for hydroxylation is 1. The molecule has 1 aromatic rings. The van der Waals surface area contributed by atoms with E-state index in [1.165, 1.54) is 0 Å². The number of carbonyl (C=O) groups excluding carboxylic acids is 2. The van der Waals surface area contributed by atoms with Gasteiger partial charge < -0.3 is 25.2 Å². The number of benzene rings is 1. The molecule has 0 saturated carbocycles. The summed E-state index contributed by atoms with van der Waals surface area (Å²) in [5, 5.41) is 6.66. The molecule has 0 spiro atoms. The third kappa shape index (κ3) is 5.59. The van der Waals surface area contributed by atoms with Gasteiger partial charge in [0.2, 0.25) is 11.8 Å². The molecule has 2 fully saturated rings. The van der Waals surface area contributed by atoms with Gasteiger partial charge in [0.25, 0.3) is 0 Å². The third-order valence-corrected chi connectivity index (χ3v) is 5.69. The molecule has 2 aliphatic heterocycles. The van der Waals surface area contributed by atoms with Crippen LogP contribution in [0.15, 0.2) is 18.2 Å². The van der Waals surface area contributed by atoms with Gasteiger partial charge in [0, 0.05) is 19.6 Å². The first-order valence-electron chi connectivity index (χ1n) is 10.3. The third-order valence-electron chi connectivity index (χ3n) is 5.47. The van der Waals surface area contributed by atoms with E-state index in [2.05, 4.69) is 10.6 Å². The Hall–Kier alpha value is -2.35. The Morgan fingerprint density at radius 3 is 2.66 bits per heavy atom. The van der Waals surface area contributed by atoms with Crippen molar-refractivity contribution in [3.8, 4) is 5.75 Å². The van der Waals surface area contributed by atoms with E-state index in [0.717, 1.165) is 50.0 Å². The summed E-state index contributed by atoms with van der Waals surface area (Å²) < 4.78 is 5.37. The molecule has 0 unspecified atom stereocenters. The Bertz CT molecular complexity index is 764. The number of amides is 2. The summed E-state index contributed by atoms with van der Waals surface area (Å²) in [5.41, 5.74) is 1.83. The van der Waals surface area contributed by atoms with Crippen molar-refractivity contribution >= 4 is 34.8 Å². The normalized spacial score (nSPS) is 19.7. The molecule has 0 radical (unpaired) electrons. The SMILES string of the molecule is COc1ccc(C)cc1NC(=S)N[C@H]1CCCCN(CC(=O)N2CCCC2)C1=O. The highest BCUT2D eigenvalue weighted by molar-refractivity contribution is 7.80. The summed E-state index contributed by atoms with van der Waals surface area (Å²) in [4.78, 5) is 29.1. The molecule has 2 N–H and O–H groups in total. The minimum atomic E-state index is -0.431. The lowest BCUT2D eigenvalue weighted by atomic mass is 10.1. The van der Waals surface area contributed by atoms with Crippen molar-refractivity contribution in [1.29, 1.82) is 0 Å². The van der Waals surface area contributed by atoms with Crippen LogP contribution in [0.25, 0.3) is 0 Å². The van der Waals surface area contributed by atoms with Gasteiger partial charge in [0.05, 0.1) is 19.3 Å². The van der Waals surface area contributed by atoms with Gasteiger partial charge >= 0.3 is 0 Å². The van der Waals surface area contributed by atoms with E-state index >= 15 is 0 Å². The van der Waals surface area contributed by atoms with E-state index in [1.807, 2.05) is 30.0 Å². The van der Waals surface area contributed by atoms with Gasteiger partial charge in [-0.1, -0.05) is 6.07 Å². The van der Waals surface area contributed by atoms with E-state index in [9.17, 15) is 9.59 Å². The predicted octanol–water partition coefficient (Wildman–Crippen LogP) is 2.29. The number of nitrogens with one attached hydrogen (secondary N) is 2. The molecule has 3 rings (SSSR count). The van der Waals surface area contributed by atoms with Crippen LogP contribution >= 0.6 is 12.2 Å². The van der Waals surface area contributed by atoms with E-state index < -0.39 is 6.04 Å². The molecule has 7 nitrogen and oxygen atoms in total. The lowest BCUT2D eigenvalue weighted by Gasteiger charge is -2.27. The predicted molar refractivity (Wildman–Crippen MR) is 117 cm³/mol. The number of likely N-dealkylation sites (tertiary alicyclic amines) is 2. The van der Waals surface area contributed by atoms with Crippen molar-refractivity contribution in [2.24, 2.45) is 0 Å². The van der Waals surface area contributed by atoms with Crippen LogP contribution in [0, 0.1) is 6.92 Å². The van der Waals surface area contributed by atoms with Crippen LogP contribution in [0.2, 0.25) is 0 Å². The van der Waals surface area contributed by atoms with E-state index in [0.29, 0.717) is 23.8 Å². The molecule has 0 bridgehead atoms. The number of rotatable bonds is 5. The fourth-order valence-electron chi connectivity index (χ4n) is 3.86. The summed E-state index contributed by atoms with van der Waals surface area (Å²) in [6.45, 7) is 4.36. The minimum absolute atomic E-state index is 0.0432. The summed E-state index contributed by atoms with van der Waals surface area (Å²) in [6, 6.07) is 5.36. The van der Waals surface area contributed by atoms with Crippen molar-refractivity contribution in [2.45, 2.75) is 45.1 Å². The first-order chi connectivity index (χ1) is 14.0. The van der Waals surface area contributed by atoms with Crippen molar-refractivity contribution in [2.75, 3.05) is 38.6 Å². The summed E-state index contributed by atoms with van der Waals surface area (Å²) in [7, 11) is 1.61. The number of nitrogens with zero attached hydrogens (tertiary/aromatic N) is 2. The molecule has 2 saturated heterocycles. The van der Waals surface area contributed by atoms with E-state index in [4.69, 9.17) is 17.0 Å². The van der Waals surface area contributed by atoms with Crippen LogP contribution in [0.3, 0.4) is 0 Å². The van der Waals surface area contributed by atoms with Crippen molar-refractivity contribution in [3.05, 3.63) is 23.8 Å². The fraction of sp³-hybridized carbons (Fsp3) is 0.571. The molecule has 158 valence electrons. The van der Waals surface area contributed by atoms with Crippen LogP contribution in [-0.2, 0) is 9.59 Å². The number of hydrogen-bond acceptors (Lipinski definition) is 4. The summed E-state index contributed by atoms with van der Waals surface area (Å²) >= 11 is 5.45. The molecule has 2 amide bonds. The number of thiocarbonyl (C=S) groups is 1. The summed E-state index contributed by atoms with van der Waals surface area (Å²) in [6.07, 6.45) is 4.59. The number of anilines is 1. The first kappa shape index (κ1) is 21.4. The van der Waals surface area contributed by atoms with Gasteiger partial charge in [-0.3, -0.25) is 9.59 Å². The van der Waals surface area contributed by atoms with Gasteiger partial charge in [-0.05, 0) is 68.9 Å². The van der Waals surface area contributed by atoms with Crippen molar-refractivity contribution in [3.63, 3.8) is 0 Å². The average molecular weight is 419 g/mol. The lowest BCUT2D eigenvalue weighted by Crippen LogP contribution is -2.51. The molecular weight excluding hydrogens is 388 g/mol. The lowest BCUT2D eigenvalue weighted by molar-refractivity contribution is -0.140. The smallest absolute Gasteiger partial charge is 0.245 e. The Morgan fingerprint density at radius 2 is 1.93 bits per heavy atom. The van der Waals surface area contributed by atoms with Crippen LogP contribution in [0.5, 0.6) is 5.75 Å². The Morgan fingerprint density at radius 1 is 1.21 bits per heavy atom. The van der Waals surface area contributed by atoms with Gasteiger partial charge in [-0.15, -0.1) is 0 Å². The first-order valence-corrected chi connectivity index (χ1v) is 10.7. The van der Waals surface area contributed by atoms with Gasteiger partial charge in [-0.25, -0.2) is 0 Å². The molecular formula is C21H30N4O3S. The molecule has 2 heterocycles. The van der Waals surface area contributed by atoms with Crippen LogP contribution < -0.4 is 15.4 Å². The topological polar surface area (TPSA) is 73.9 Å². The molecule has 0 aliphatic carbocycles. The second kappa shape index (κ2) is 9.91. The number of ether oxygens (including phenoxy) is 1. The largest absolute Gasteiger partial charge is 0.495 e. The van der Waals surface area contributed by atoms with Crippen molar-refractivity contribution in [1.82, 2.24) is 15.1 Å². The van der Waals surface area contributed by atoms with Crippen LogP contribution in [-0.4, -0.2) is 66.1 Å².